The molecule has 0 spiro atoms. The van der Waals surface area contributed by atoms with E-state index in [1.165, 1.54) is 21.3 Å². The van der Waals surface area contributed by atoms with E-state index in [4.69, 9.17) is 18.9 Å². The lowest BCUT2D eigenvalue weighted by atomic mass is 10.1. The van der Waals surface area contributed by atoms with Crippen molar-refractivity contribution in [2.24, 2.45) is 0 Å². The van der Waals surface area contributed by atoms with Crippen molar-refractivity contribution in [3.63, 3.8) is 0 Å². The molecule has 0 bridgehead atoms. The van der Waals surface area contributed by atoms with Gasteiger partial charge in [0.1, 0.15) is 11.5 Å². The highest BCUT2D eigenvalue weighted by atomic mass is 32.2. The van der Waals surface area contributed by atoms with Gasteiger partial charge in [-0.2, -0.15) is 0 Å². The number of rotatable bonds is 10. The van der Waals surface area contributed by atoms with Gasteiger partial charge in [0.15, 0.2) is 11.5 Å². The lowest BCUT2D eigenvalue weighted by Gasteiger charge is -2.14. The zero-order chi connectivity index (χ0) is 24.7. The third-order valence-electron chi connectivity index (χ3n) is 4.93. The van der Waals surface area contributed by atoms with E-state index in [2.05, 4.69) is 5.32 Å². The number of benzene rings is 2. The van der Waals surface area contributed by atoms with Crippen LogP contribution >= 0.6 is 11.8 Å². The Bertz CT molecular complexity index is 1120. The second-order valence-electron chi connectivity index (χ2n) is 7.00. The molecule has 0 unspecified atom stereocenters. The number of methoxy groups -OCH3 is 3. The number of nitrogens with one attached hydrogen (secondary N) is 1. The van der Waals surface area contributed by atoms with E-state index in [1.54, 1.807) is 42.5 Å². The number of thioether (sulfide) groups is 1. The summed E-state index contributed by atoms with van der Waals surface area (Å²) in [6, 6.07) is 10.1. The molecule has 34 heavy (non-hydrogen) atoms. The summed E-state index contributed by atoms with van der Waals surface area (Å²) in [4.78, 5) is 39.1. The quantitative estimate of drug-likeness (QED) is 0.509. The molecule has 0 saturated carbocycles. The number of carbonyl (C=O) groups is 3. The second kappa shape index (κ2) is 11.5. The average Bonchev–Trinajstić information content (AvgIpc) is 3.11. The van der Waals surface area contributed by atoms with Gasteiger partial charge in [-0.15, -0.1) is 0 Å². The second-order valence-corrected chi connectivity index (χ2v) is 7.99. The molecule has 0 aliphatic carbocycles. The zero-order valence-corrected chi connectivity index (χ0v) is 20.2. The Hall–Kier alpha value is -3.66. The standard InChI is InChI=1S/C24H26N2O7S/c1-5-33-18-9-6-15(12-20(18)32-4)13-21-23(28)26(24(29)34-21)11-10-25-22(27)17-8-7-16(30-2)14-19(17)31-3/h6-9,12-14H,5,10-11H2,1-4H3,(H,25,27)/b21-13-. The Labute approximate surface area is 202 Å². The lowest BCUT2D eigenvalue weighted by molar-refractivity contribution is -0.122. The third-order valence-corrected chi connectivity index (χ3v) is 5.84. The monoisotopic (exact) mass is 486 g/mol. The van der Waals surface area contributed by atoms with Crippen LogP contribution < -0.4 is 24.3 Å². The summed E-state index contributed by atoms with van der Waals surface area (Å²) >= 11 is 0.850. The molecule has 0 radical (unpaired) electrons. The van der Waals surface area contributed by atoms with Crippen molar-refractivity contribution in [3.8, 4) is 23.0 Å². The molecule has 1 heterocycles. The van der Waals surface area contributed by atoms with Gasteiger partial charge in [-0.1, -0.05) is 6.07 Å². The molecule has 0 atom stereocenters. The fraction of sp³-hybridized carbons (Fsp3) is 0.292. The number of carbonyl (C=O) groups excluding carboxylic acids is 3. The van der Waals surface area contributed by atoms with E-state index < -0.39 is 11.1 Å². The summed E-state index contributed by atoms with van der Waals surface area (Å²) in [7, 11) is 4.51. The van der Waals surface area contributed by atoms with Gasteiger partial charge in [-0.25, -0.2) is 0 Å². The van der Waals surface area contributed by atoms with Crippen LogP contribution in [0.1, 0.15) is 22.8 Å². The van der Waals surface area contributed by atoms with Crippen LogP contribution in [0.5, 0.6) is 23.0 Å². The average molecular weight is 487 g/mol. The smallest absolute Gasteiger partial charge is 0.293 e. The molecule has 9 nitrogen and oxygen atoms in total. The first-order valence-corrected chi connectivity index (χ1v) is 11.3. The number of nitrogens with zero attached hydrogens (tertiary/aromatic N) is 1. The molecule has 2 aromatic carbocycles. The van der Waals surface area contributed by atoms with Crippen LogP contribution in [0.25, 0.3) is 6.08 Å². The fourth-order valence-electron chi connectivity index (χ4n) is 3.26. The molecule has 2 aromatic rings. The molecular weight excluding hydrogens is 460 g/mol. The number of hydrogen-bond donors (Lipinski definition) is 1. The van der Waals surface area contributed by atoms with Gasteiger partial charge >= 0.3 is 0 Å². The van der Waals surface area contributed by atoms with Crippen molar-refractivity contribution >= 4 is 34.9 Å². The van der Waals surface area contributed by atoms with Crippen molar-refractivity contribution in [1.29, 1.82) is 0 Å². The van der Waals surface area contributed by atoms with Gasteiger partial charge in [-0.05, 0) is 54.6 Å². The number of ether oxygens (including phenoxy) is 4. The predicted molar refractivity (Wildman–Crippen MR) is 129 cm³/mol. The van der Waals surface area contributed by atoms with Crippen LogP contribution in [0.4, 0.5) is 4.79 Å². The summed E-state index contributed by atoms with van der Waals surface area (Å²) in [5.41, 5.74) is 1.02. The molecule has 1 N–H and O–H groups in total. The summed E-state index contributed by atoms with van der Waals surface area (Å²) < 4.78 is 21.2. The molecule has 1 saturated heterocycles. The van der Waals surface area contributed by atoms with Gasteiger partial charge in [-0.3, -0.25) is 19.3 Å². The molecule has 3 rings (SSSR count). The highest BCUT2D eigenvalue weighted by molar-refractivity contribution is 8.18. The van der Waals surface area contributed by atoms with E-state index >= 15 is 0 Å². The zero-order valence-electron chi connectivity index (χ0n) is 19.4. The van der Waals surface area contributed by atoms with Crippen LogP contribution in [0.2, 0.25) is 0 Å². The summed E-state index contributed by atoms with van der Waals surface area (Å²) in [5.74, 6) is 1.24. The summed E-state index contributed by atoms with van der Waals surface area (Å²) in [6.45, 7) is 2.50. The Morgan fingerprint density at radius 3 is 2.44 bits per heavy atom. The maximum absolute atomic E-state index is 12.8. The van der Waals surface area contributed by atoms with Crippen LogP contribution in [0.3, 0.4) is 0 Å². The van der Waals surface area contributed by atoms with E-state index in [0.29, 0.717) is 45.6 Å². The molecule has 3 amide bonds. The molecule has 180 valence electrons. The van der Waals surface area contributed by atoms with Crippen LogP contribution in [0.15, 0.2) is 41.3 Å². The number of imide groups is 1. The van der Waals surface area contributed by atoms with E-state index in [-0.39, 0.29) is 19.0 Å². The first-order chi connectivity index (χ1) is 16.4. The topological polar surface area (TPSA) is 103 Å². The van der Waals surface area contributed by atoms with Crippen molar-refractivity contribution in [2.45, 2.75) is 6.92 Å². The van der Waals surface area contributed by atoms with Gasteiger partial charge in [0, 0.05) is 19.2 Å². The highest BCUT2D eigenvalue weighted by Gasteiger charge is 2.34. The minimum Gasteiger partial charge on any atom is -0.497 e. The Morgan fingerprint density at radius 1 is 1.00 bits per heavy atom. The normalized spacial score (nSPS) is 14.4. The van der Waals surface area contributed by atoms with Crippen molar-refractivity contribution < 1.29 is 33.3 Å². The summed E-state index contributed by atoms with van der Waals surface area (Å²) in [6.07, 6.45) is 1.63. The molecule has 1 aliphatic rings. The van der Waals surface area contributed by atoms with Gasteiger partial charge in [0.25, 0.3) is 17.1 Å². The van der Waals surface area contributed by atoms with E-state index in [0.717, 1.165) is 16.7 Å². The largest absolute Gasteiger partial charge is 0.497 e. The van der Waals surface area contributed by atoms with Gasteiger partial charge < -0.3 is 24.3 Å². The maximum Gasteiger partial charge on any atom is 0.293 e. The summed E-state index contributed by atoms with van der Waals surface area (Å²) in [5, 5.41) is 2.31. The van der Waals surface area contributed by atoms with Crippen LogP contribution in [-0.2, 0) is 4.79 Å². The third kappa shape index (κ3) is 5.63. The first-order valence-electron chi connectivity index (χ1n) is 10.5. The van der Waals surface area contributed by atoms with Gasteiger partial charge in [0.2, 0.25) is 0 Å². The van der Waals surface area contributed by atoms with Crippen molar-refractivity contribution in [1.82, 2.24) is 10.2 Å². The molecule has 0 aromatic heterocycles. The minimum absolute atomic E-state index is 0.0405. The molecule has 10 heteroatoms. The molecule has 1 fully saturated rings. The van der Waals surface area contributed by atoms with E-state index in [1.807, 2.05) is 6.92 Å². The van der Waals surface area contributed by atoms with Crippen LogP contribution in [0, 0.1) is 0 Å². The number of hydrogen-bond acceptors (Lipinski definition) is 8. The Kier molecular flexibility index (Phi) is 8.42. The number of amides is 3. The van der Waals surface area contributed by atoms with Crippen molar-refractivity contribution in [3.05, 3.63) is 52.4 Å². The molecular formula is C24H26N2O7S. The Balaban J connectivity index is 1.64. The highest BCUT2D eigenvalue weighted by Crippen LogP contribution is 2.34. The Morgan fingerprint density at radius 2 is 1.76 bits per heavy atom. The predicted octanol–water partition coefficient (Wildman–Crippen LogP) is 3.58. The van der Waals surface area contributed by atoms with E-state index in [9.17, 15) is 14.4 Å². The van der Waals surface area contributed by atoms with Crippen molar-refractivity contribution in [2.75, 3.05) is 41.0 Å². The van der Waals surface area contributed by atoms with Crippen LogP contribution in [-0.4, -0.2) is 63.0 Å². The minimum atomic E-state index is -0.417. The lowest BCUT2D eigenvalue weighted by Crippen LogP contribution is -2.37. The fourth-order valence-corrected chi connectivity index (χ4v) is 4.12. The maximum atomic E-state index is 12.8. The molecule has 1 aliphatic heterocycles. The van der Waals surface area contributed by atoms with Gasteiger partial charge in [0.05, 0.1) is 38.4 Å². The first kappa shape index (κ1) is 25.0. The SMILES string of the molecule is CCOc1ccc(/C=C2\SC(=O)N(CCNC(=O)c3ccc(OC)cc3OC)C2=O)cc1OC.